The summed E-state index contributed by atoms with van der Waals surface area (Å²) in [4.78, 5) is 28.5. The number of carbonyl (C=O) groups is 2. The van der Waals surface area contributed by atoms with E-state index >= 15 is 0 Å². The Hall–Kier alpha value is -2.70. The predicted octanol–water partition coefficient (Wildman–Crippen LogP) is 1.24. The standard InChI is InChI=1S/C23H26N2O4/c1-17(22(26)25-11-10-19-4-2-3-5-21(19)25)29-23(27)20-8-6-18(7-9-20)16-24-12-14-28-15-13-24/h2-9,17H,10-16H2,1H3/p+1/t17-/m1/s1. The Morgan fingerprint density at radius 3 is 2.59 bits per heavy atom. The van der Waals surface area contributed by atoms with Gasteiger partial charge in [-0.3, -0.25) is 4.79 Å². The third kappa shape index (κ3) is 4.49. The van der Waals surface area contributed by atoms with Gasteiger partial charge in [0.15, 0.2) is 6.10 Å². The number of nitrogens with zero attached hydrogens (tertiary/aromatic N) is 1. The molecule has 0 bridgehead atoms. The fraction of sp³-hybridized carbons (Fsp3) is 0.391. The lowest BCUT2D eigenvalue weighted by molar-refractivity contribution is -0.921. The van der Waals surface area contributed by atoms with Crippen LogP contribution in [0.1, 0.15) is 28.4 Å². The van der Waals surface area contributed by atoms with Crippen molar-refractivity contribution in [3.05, 3.63) is 65.2 Å². The van der Waals surface area contributed by atoms with E-state index in [1.165, 1.54) is 10.5 Å². The molecule has 6 nitrogen and oxygen atoms in total. The summed E-state index contributed by atoms with van der Waals surface area (Å²) in [6.07, 6.45) is 0.000884. The lowest BCUT2D eigenvalue weighted by Crippen LogP contribution is -3.12. The number of ether oxygens (including phenoxy) is 2. The van der Waals surface area contributed by atoms with Crippen LogP contribution in [0.5, 0.6) is 0 Å². The molecule has 6 heteroatoms. The number of quaternary nitrogens is 1. The molecule has 0 saturated carbocycles. The van der Waals surface area contributed by atoms with Gasteiger partial charge >= 0.3 is 5.97 Å². The van der Waals surface area contributed by atoms with Gasteiger partial charge in [-0.25, -0.2) is 4.79 Å². The molecule has 2 aliphatic heterocycles. The molecule has 0 radical (unpaired) electrons. The van der Waals surface area contributed by atoms with E-state index in [1.807, 2.05) is 36.4 Å². The number of anilines is 1. The normalized spacial score (nSPS) is 17.6. The number of morpholine rings is 1. The van der Waals surface area contributed by atoms with Gasteiger partial charge < -0.3 is 19.3 Å². The molecule has 29 heavy (non-hydrogen) atoms. The maximum absolute atomic E-state index is 12.8. The third-order valence-corrected chi connectivity index (χ3v) is 5.63. The van der Waals surface area contributed by atoms with Crippen molar-refractivity contribution in [3.8, 4) is 0 Å². The zero-order valence-corrected chi connectivity index (χ0v) is 16.7. The molecular weight excluding hydrogens is 368 g/mol. The molecule has 0 unspecified atom stereocenters. The van der Waals surface area contributed by atoms with Crippen molar-refractivity contribution in [2.75, 3.05) is 37.7 Å². The van der Waals surface area contributed by atoms with Crippen LogP contribution in [-0.2, 0) is 27.2 Å². The summed E-state index contributed by atoms with van der Waals surface area (Å²) in [6.45, 7) is 6.78. The smallest absolute Gasteiger partial charge is 0.338 e. The number of hydrogen-bond donors (Lipinski definition) is 1. The molecule has 2 aromatic rings. The maximum Gasteiger partial charge on any atom is 0.338 e. The summed E-state index contributed by atoms with van der Waals surface area (Å²) in [5.74, 6) is -0.653. The van der Waals surface area contributed by atoms with Crippen LogP contribution in [0.4, 0.5) is 5.69 Å². The van der Waals surface area contributed by atoms with Crippen LogP contribution < -0.4 is 9.80 Å². The second kappa shape index (κ2) is 8.76. The Balaban J connectivity index is 1.34. The van der Waals surface area contributed by atoms with Crippen LogP contribution in [0.15, 0.2) is 48.5 Å². The van der Waals surface area contributed by atoms with Crippen molar-refractivity contribution in [1.82, 2.24) is 0 Å². The van der Waals surface area contributed by atoms with E-state index in [0.717, 1.165) is 50.5 Å². The number of carbonyl (C=O) groups excluding carboxylic acids is 2. The van der Waals surface area contributed by atoms with E-state index in [9.17, 15) is 9.59 Å². The van der Waals surface area contributed by atoms with Crippen LogP contribution in [0, 0.1) is 0 Å². The first-order chi connectivity index (χ1) is 14.1. The maximum atomic E-state index is 12.8. The Kier molecular flexibility index (Phi) is 5.92. The predicted molar refractivity (Wildman–Crippen MR) is 109 cm³/mol. The number of fused-ring (bicyclic) bond motifs is 1. The Morgan fingerprint density at radius 2 is 1.83 bits per heavy atom. The average Bonchev–Trinajstić information content (AvgIpc) is 3.18. The SMILES string of the molecule is C[C@@H](OC(=O)c1ccc(C[NH+]2CCOCC2)cc1)C(=O)N1CCc2ccccc21. The van der Waals surface area contributed by atoms with Gasteiger partial charge in [0.25, 0.3) is 5.91 Å². The van der Waals surface area contributed by atoms with E-state index in [-0.39, 0.29) is 5.91 Å². The minimum absolute atomic E-state index is 0.184. The molecule has 1 atom stereocenters. The average molecular weight is 395 g/mol. The largest absolute Gasteiger partial charge is 0.449 e. The zero-order valence-electron chi connectivity index (χ0n) is 16.7. The minimum atomic E-state index is -0.828. The Labute approximate surface area is 171 Å². The molecule has 1 N–H and O–H groups in total. The monoisotopic (exact) mass is 395 g/mol. The van der Waals surface area contributed by atoms with Gasteiger partial charge in [-0.2, -0.15) is 0 Å². The number of nitrogens with one attached hydrogen (secondary N) is 1. The number of esters is 1. The van der Waals surface area contributed by atoms with Crippen molar-refractivity contribution < 1.29 is 24.0 Å². The highest BCUT2D eigenvalue weighted by Crippen LogP contribution is 2.28. The van der Waals surface area contributed by atoms with Crippen LogP contribution in [-0.4, -0.2) is 50.8 Å². The summed E-state index contributed by atoms with van der Waals surface area (Å²) in [5, 5.41) is 0. The highest BCUT2D eigenvalue weighted by molar-refractivity contribution is 6.00. The molecule has 0 spiro atoms. The van der Waals surface area contributed by atoms with Crippen molar-refractivity contribution in [1.29, 1.82) is 0 Å². The van der Waals surface area contributed by atoms with E-state index in [4.69, 9.17) is 9.47 Å². The molecule has 1 fully saturated rings. The molecule has 152 valence electrons. The molecule has 0 aliphatic carbocycles. The third-order valence-electron chi connectivity index (χ3n) is 5.63. The van der Waals surface area contributed by atoms with Crippen LogP contribution >= 0.6 is 0 Å². The lowest BCUT2D eigenvalue weighted by atomic mass is 10.1. The summed E-state index contributed by atoms with van der Waals surface area (Å²) in [5.41, 5.74) is 3.70. The Bertz CT molecular complexity index is 875. The number of hydrogen-bond acceptors (Lipinski definition) is 4. The number of amides is 1. The van der Waals surface area contributed by atoms with Crippen molar-refractivity contribution >= 4 is 17.6 Å². The summed E-state index contributed by atoms with van der Waals surface area (Å²) in [6, 6.07) is 15.3. The highest BCUT2D eigenvalue weighted by Gasteiger charge is 2.30. The van der Waals surface area contributed by atoms with E-state index in [1.54, 1.807) is 24.0 Å². The molecule has 2 heterocycles. The second-order valence-corrected chi connectivity index (χ2v) is 7.65. The first kappa shape index (κ1) is 19.6. The minimum Gasteiger partial charge on any atom is -0.449 e. The van der Waals surface area contributed by atoms with Crippen molar-refractivity contribution in [2.24, 2.45) is 0 Å². The van der Waals surface area contributed by atoms with Gasteiger partial charge in [0.1, 0.15) is 19.6 Å². The number of rotatable bonds is 5. The number of benzene rings is 2. The topological polar surface area (TPSA) is 60.3 Å². The quantitative estimate of drug-likeness (QED) is 0.774. The van der Waals surface area contributed by atoms with E-state index in [2.05, 4.69) is 0 Å². The molecule has 2 aromatic carbocycles. The molecule has 2 aliphatic rings. The highest BCUT2D eigenvalue weighted by atomic mass is 16.5. The van der Waals surface area contributed by atoms with E-state index < -0.39 is 12.1 Å². The van der Waals surface area contributed by atoms with Gasteiger partial charge in [0.2, 0.25) is 0 Å². The van der Waals surface area contributed by atoms with Crippen molar-refractivity contribution in [2.45, 2.75) is 26.0 Å². The molecule has 1 saturated heterocycles. The molecule has 1 amide bonds. The first-order valence-corrected chi connectivity index (χ1v) is 10.2. The summed E-state index contributed by atoms with van der Waals surface area (Å²) in [7, 11) is 0. The number of para-hydroxylation sites is 1. The van der Waals surface area contributed by atoms with Crippen molar-refractivity contribution in [3.63, 3.8) is 0 Å². The van der Waals surface area contributed by atoms with Crippen LogP contribution in [0.25, 0.3) is 0 Å². The molecule has 4 rings (SSSR count). The molecular formula is C23H27N2O4+. The fourth-order valence-electron chi connectivity index (χ4n) is 3.95. The van der Waals surface area contributed by atoms with Gasteiger partial charge in [0, 0.05) is 17.8 Å². The second-order valence-electron chi connectivity index (χ2n) is 7.65. The van der Waals surface area contributed by atoms with Gasteiger partial charge in [0.05, 0.1) is 18.8 Å². The Morgan fingerprint density at radius 1 is 1.10 bits per heavy atom. The first-order valence-electron chi connectivity index (χ1n) is 10.2. The van der Waals surface area contributed by atoms with Gasteiger partial charge in [-0.05, 0) is 37.1 Å². The van der Waals surface area contributed by atoms with Crippen LogP contribution in [0.3, 0.4) is 0 Å². The van der Waals surface area contributed by atoms with Crippen LogP contribution in [0.2, 0.25) is 0 Å². The fourth-order valence-corrected chi connectivity index (χ4v) is 3.95. The molecule has 0 aromatic heterocycles. The lowest BCUT2D eigenvalue weighted by Gasteiger charge is -2.23. The zero-order chi connectivity index (χ0) is 20.2. The summed E-state index contributed by atoms with van der Waals surface area (Å²) < 4.78 is 10.9. The summed E-state index contributed by atoms with van der Waals surface area (Å²) >= 11 is 0. The van der Waals surface area contributed by atoms with Gasteiger partial charge in [-0.15, -0.1) is 0 Å². The van der Waals surface area contributed by atoms with E-state index in [0.29, 0.717) is 12.1 Å². The van der Waals surface area contributed by atoms with Gasteiger partial charge in [-0.1, -0.05) is 30.3 Å².